The van der Waals surface area contributed by atoms with Crippen LogP contribution in [0.3, 0.4) is 0 Å². The van der Waals surface area contributed by atoms with Gasteiger partial charge in [-0.15, -0.1) is 0 Å². The lowest BCUT2D eigenvalue weighted by molar-refractivity contribution is -0.142. The quantitative estimate of drug-likeness (QED) is 0.0219. The number of carbonyl (C=O) groups excluding carboxylic acids is 7. The van der Waals surface area contributed by atoms with Gasteiger partial charge >= 0.3 is 24.0 Å². The first-order valence-electron chi connectivity index (χ1n) is 23.8. The summed E-state index contributed by atoms with van der Waals surface area (Å²) in [5, 5.41) is 63.1. The molecule has 0 unspecified atom stereocenters. The molecular weight excluding hydrogens is 1000 g/mol. The molecule has 0 fully saturated rings. The highest BCUT2D eigenvalue weighted by Gasteiger charge is 2.35. The van der Waals surface area contributed by atoms with Crippen LogP contribution in [-0.4, -0.2) is 155 Å². The van der Waals surface area contributed by atoms with Gasteiger partial charge in [-0.3, -0.25) is 49.2 Å². The van der Waals surface area contributed by atoms with Crippen molar-refractivity contribution in [1.29, 1.82) is 10.8 Å². The molecule has 0 spiro atoms. The van der Waals surface area contributed by atoms with Crippen LogP contribution in [0.15, 0.2) is 48.5 Å². The van der Waals surface area contributed by atoms with Gasteiger partial charge in [0.05, 0.1) is 0 Å². The van der Waals surface area contributed by atoms with Gasteiger partial charge in [0, 0.05) is 38.3 Å². The molecule has 0 aliphatic heterocycles. The number of benzene rings is 2. The molecule has 6 atom stereocenters. The third-order valence-electron chi connectivity index (χ3n) is 11.7. The van der Waals surface area contributed by atoms with Gasteiger partial charge in [-0.2, -0.15) is 11.8 Å². The van der Waals surface area contributed by atoms with E-state index in [1.165, 1.54) is 11.8 Å². The first kappa shape index (κ1) is 61.1. The number of thioether (sulfide) groups is 1. The van der Waals surface area contributed by atoms with E-state index < -0.39 is 134 Å². The molecule has 0 saturated heterocycles. The first-order valence-corrected chi connectivity index (χ1v) is 25.2. The number of amides is 7. The zero-order valence-electron chi connectivity index (χ0n) is 41.2. The molecular formula is C47H67N13O14S. The number of carboxylic acid groups (broad SMARTS) is 3. The van der Waals surface area contributed by atoms with E-state index in [4.69, 9.17) is 32.8 Å². The van der Waals surface area contributed by atoms with E-state index in [9.17, 15) is 63.3 Å². The number of hydrogen-bond donors (Lipinski definition) is 16. The zero-order chi connectivity index (χ0) is 55.6. The highest BCUT2D eigenvalue weighted by atomic mass is 32.2. The van der Waals surface area contributed by atoms with Crippen LogP contribution >= 0.6 is 11.8 Å². The molecule has 0 saturated carbocycles. The number of primary amides is 1. The Morgan fingerprint density at radius 1 is 0.547 bits per heavy atom. The summed E-state index contributed by atoms with van der Waals surface area (Å²) in [5.74, 6) is -11.0. The minimum absolute atomic E-state index is 0.0543. The van der Waals surface area contributed by atoms with Gasteiger partial charge in [-0.25, -0.2) is 9.59 Å². The van der Waals surface area contributed by atoms with Gasteiger partial charge in [0.1, 0.15) is 42.9 Å². The van der Waals surface area contributed by atoms with Crippen molar-refractivity contribution < 1.29 is 68.0 Å². The van der Waals surface area contributed by atoms with Gasteiger partial charge < -0.3 is 79.8 Å². The third kappa shape index (κ3) is 21.4. The highest BCUT2D eigenvalue weighted by molar-refractivity contribution is 7.98. The van der Waals surface area contributed by atoms with Crippen LogP contribution in [0.5, 0.6) is 0 Å². The number of guanidine groups is 2. The second-order valence-electron chi connectivity index (χ2n) is 17.3. The summed E-state index contributed by atoms with van der Waals surface area (Å²) < 4.78 is 5.56. The highest BCUT2D eigenvalue weighted by Crippen LogP contribution is 2.44. The van der Waals surface area contributed by atoms with Crippen LogP contribution in [0.1, 0.15) is 87.7 Å². The summed E-state index contributed by atoms with van der Waals surface area (Å²) >= 11 is 1.26. The van der Waals surface area contributed by atoms with Crippen molar-refractivity contribution in [3.63, 3.8) is 0 Å². The average Bonchev–Trinajstić information content (AvgIpc) is 3.67. The molecule has 28 heteroatoms. The lowest BCUT2D eigenvalue weighted by Crippen LogP contribution is -2.59. The van der Waals surface area contributed by atoms with Crippen molar-refractivity contribution in [2.75, 3.05) is 31.7 Å². The first-order chi connectivity index (χ1) is 35.6. The maximum Gasteiger partial charge on any atom is 0.407 e. The van der Waals surface area contributed by atoms with Crippen LogP contribution in [-0.2, 0) is 47.9 Å². The topological polar surface area (TPSA) is 463 Å². The van der Waals surface area contributed by atoms with Crippen LogP contribution in [0.4, 0.5) is 4.79 Å². The normalized spacial score (nSPS) is 13.8. The van der Waals surface area contributed by atoms with Crippen molar-refractivity contribution >= 4 is 83.1 Å². The van der Waals surface area contributed by atoms with Crippen molar-refractivity contribution in [1.82, 2.24) is 42.5 Å². The Morgan fingerprint density at radius 3 is 1.32 bits per heavy atom. The molecule has 0 aromatic heterocycles. The molecule has 0 bridgehead atoms. The van der Waals surface area contributed by atoms with Gasteiger partial charge in [0.2, 0.25) is 35.4 Å². The molecule has 75 heavy (non-hydrogen) atoms. The van der Waals surface area contributed by atoms with Gasteiger partial charge in [0.15, 0.2) is 11.9 Å². The van der Waals surface area contributed by atoms with E-state index in [-0.39, 0.29) is 75.4 Å². The number of nitrogens with one attached hydrogen (secondary N) is 10. The number of aliphatic carboxylic acids is 3. The maximum absolute atomic E-state index is 14.1. The lowest BCUT2D eigenvalue weighted by Gasteiger charge is -2.27. The largest absolute Gasteiger partial charge is 0.481 e. The SMILES string of the molecule is CSCC[C@H](NC(=O)[C@H](CCC(=O)O)NC(=O)[C@H](CCC(=O)O)NC(=O)OCC1c2ccccc2-c2ccccc21)C(=O)N[C@@H](CCC(N)=O)C(=O)N[C@@H](CCCNC(=N)N)C(=O)N[C@@H](CCCNC(=N)N)C(=O)O. The van der Waals surface area contributed by atoms with Crippen LogP contribution < -0.4 is 59.7 Å². The Balaban J connectivity index is 1.83. The van der Waals surface area contributed by atoms with Crippen molar-refractivity contribution in [3.8, 4) is 11.1 Å². The fourth-order valence-corrected chi connectivity index (χ4v) is 8.33. The molecule has 1 aliphatic carbocycles. The lowest BCUT2D eigenvalue weighted by atomic mass is 9.98. The number of fused-ring (bicyclic) bond motifs is 3. The summed E-state index contributed by atoms with van der Waals surface area (Å²) in [7, 11) is 0. The Kier molecular flexibility index (Phi) is 25.6. The fourth-order valence-electron chi connectivity index (χ4n) is 7.86. The maximum atomic E-state index is 14.1. The van der Waals surface area contributed by atoms with Gasteiger partial charge in [0.25, 0.3) is 0 Å². The smallest absolute Gasteiger partial charge is 0.407 e. The second-order valence-corrected chi connectivity index (χ2v) is 18.3. The number of hydrogen-bond acceptors (Lipinski definition) is 14. The number of nitrogens with two attached hydrogens (primary N) is 3. The van der Waals surface area contributed by atoms with Crippen LogP contribution in [0.25, 0.3) is 11.1 Å². The van der Waals surface area contributed by atoms with E-state index in [1.807, 2.05) is 48.5 Å². The predicted molar refractivity (Wildman–Crippen MR) is 273 cm³/mol. The van der Waals surface area contributed by atoms with Crippen LogP contribution in [0.2, 0.25) is 0 Å². The predicted octanol–water partition coefficient (Wildman–Crippen LogP) is -1.32. The molecule has 19 N–H and O–H groups in total. The Hall–Kier alpha value is -8.17. The number of ether oxygens (including phenoxy) is 1. The van der Waals surface area contributed by atoms with Gasteiger partial charge in [-0.05, 0) is 85.6 Å². The van der Waals surface area contributed by atoms with Crippen LogP contribution in [0, 0.1) is 10.8 Å². The monoisotopic (exact) mass is 1070 g/mol. The fraction of sp³-hybridized carbons (Fsp3) is 0.489. The minimum atomic E-state index is -1.69. The molecule has 7 amide bonds. The number of carboxylic acids is 3. The Bertz CT molecular complexity index is 2350. The summed E-state index contributed by atoms with van der Waals surface area (Å²) in [4.78, 5) is 130. The summed E-state index contributed by atoms with van der Waals surface area (Å²) in [6, 6.07) is 5.76. The van der Waals surface area contributed by atoms with Gasteiger partial charge in [-0.1, -0.05) is 48.5 Å². The molecule has 410 valence electrons. The van der Waals surface area contributed by atoms with E-state index in [0.29, 0.717) is 0 Å². The second kappa shape index (κ2) is 31.4. The summed E-state index contributed by atoms with van der Waals surface area (Å²) in [5.41, 5.74) is 19.7. The summed E-state index contributed by atoms with van der Waals surface area (Å²) in [6.45, 7) is 0.00744. The molecule has 1 aliphatic rings. The number of alkyl carbamates (subject to hydrolysis) is 1. The van der Waals surface area contributed by atoms with E-state index >= 15 is 0 Å². The molecule has 2 aromatic rings. The van der Waals surface area contributed by atoms with Crippen molar-refractivity contribution in [2.45, 2.75) is 113 Å². The standard InChI is InChI=1S/C47H67N13O14S/c1-75-23-20-34(43(70)56-31(14-17-36(48)61)40(67)55-30(12-6-21-53-45(49)50)39(66)59-35(44(71)72)13-7-22-54-46(51)52)58-41(68)32(15-18-37(62)63)57-42(69)33(16-19-38(64)65)60-47(73)74-24-29-27-10-4-2-8-25(27)26-9-3-5-11-28(26)29/h2-5,8-11,29-35H,6-7,12-24H2,1H3,(H2,48,61)(H,55,67)(H,56,70)(H,57,69)(H,58,68)(H,59,66)(H,60,73)(H,62,63)(H,64,65)(H,71,72)(H4,49,50,53)(H4,51,52,54)/t30-,31-,32-,33-,34-,35-/m0/s1. The molecule has 3 rings (SSSR count). The minimum Gasteiger partial charge on any atom is -0.481 e. The average molecular weight is 1070 g/mol. The van der Waals surface area contributed by atoms with Crippen molar-refractivity contribution in [2.24, 2.45) is 17.2 Å². The van der Waals surface area contributed by atoms with E-state index in [1.54, 1.807) is 6.26 Å². The molecule has 0 heterocycles. The van der Waals surface area contributed by atoms with E-state index in [0.717, 1.165) is 22.3 Å². The van der Waals surface area contributed by atoms with Crippen molar-refractivity contribution in [3.05, 3.63) is 59.7 Å². The molecule has 0 radical (unpaired) electrons. The Labute approximate surface area is 435 Å². The number of rotatable bonds is 34. The number of carbonyl (C=O) groups is 10. The summed E-state index contributed by atoms with van der Waals surface area (Å²) in [6.07, 6.45) is -2.75. The molecule has 27 nitrogen and oxygen atoms in total. The zero-order valence-corrected chi connectivity index (χ0v) is 42.1. The Morgan fingerprint density at radius 2 is 0.920 bits per heavy atom. The van der Waals surface area contributed by atoms with E-state index in [2.05, 4.69) is 42.5 Å². The third-order valence-corrected chi connectivity index (χ3v) is 12.3. The molecule has 2 aromatic carbocycles.